The Morgan fingerprint density at radius 3 is 2.43 bits per heavy atom. The molecule has 0 bridgehead atoms. The molecule has 2 rings (SSSR count). The van der Waals surface area contributed by atoms with Crippen LogP contribution in [0.2, 0.25) is 5.02 Å². The lowest BCUT2D eigenvalue weighted by molar-refractivity contribution is -0.138. The quantitative estimate of drug-likeness (QED) is 0.929. The molecular weight excluding hydrogens is 288 g/mol. The zero-order valence-electron chi connectivity index (χ0n) is 12.9. The van der Waals surface area contributed by atoms with Gasteiger partial charge in [-0.3, -0.25) is 4.79 Å². The van der Waals surface area contributed by atoms with Gasteiger partial charge in [0.05, 0.1) is 17.1 Å². The van der Waals surface area contributed by atoms with E-state index in [9.17, 15) is 4.79 Å². The number of carboxylic acid groups (broad SMARTS) is 1. The molecule has 0 radical (unpaired) electrons. The molecule has 0 aromatic heterocycles. The number of aliphatic carboxylic acids is 1. The molecule has 0 atom stereocenters. The predicted octanol–water partition coefficient (Wildman–Crippen LogP) is 2.84. The summed E-state index contributed by atoms with van der Waals surface area (Å²) in [5.74, 6) is -0.792. The molecule has 0 aliphatic carbocycles. The van der Waals surface area contributed by atoms with Crippen molar-refractivity contribution >= 4 is 23.3 Å². The molecule has 1 saturated heterocycles. The highest BCUT2D eigenvalue weighted by Gasteiger charge is 2.25. The molecule has 1 N–H and O–H groups in total. The first-order valence-electron chi connectivity index (χ1n) is 7.25. The van der Waals surface area contributed by atoms with Gasteiger partial charge in [0.2, 0.25) is 0 Å². The van der Waals surface area contributed by atoms with Crippen LogP contribution in [-0.4, -0.2) is 49.2 Å². The van der Waals surface area contributed by atoms with Gasteiger partial charge >= 0.3 is 5.97 Å². The second-order valence-electron chi connectivity index (χ2n) is 6.41. The van der Waals surface area contributed by atoms with Crippen LogP contribution in [-0.2, 0) is 10.2 Å². The van der Waals surface area contributed by atoms with Gasteiger partial charge in [0, 0.05) is 31.6 Å². The van der Waals surface area contributed by atoms with Crippen LogP contribution in [0.25, 0.3) is 0 Å². The number of likely N-dealkylation sites (N-methyl/N-ethyl adjacent to an activating group) is 1. The number of piperazine rings is 1. The lowest BCUT2D eigenvalue weighted by atomic mass is 9.81. The van der Waals surface area contributed by atoms with Crippen molar-refractivity contribution < 1.29 is 9.90 Å². The Labute approximate surface area is 131 Å². The van der Waals surface area contributed by atoms with E-state index in [-0.39, 0.29) is 6.42 Å². The van der Waals surface area contributed by atoms with Crippen molar-refractivity contribution in [3.05, 3.63) is 28.8 Å². The highest BCUT2D eigenvalue weighted by atomic mass is 35.5. The summed E-state index contributed by atoms with van der Waals surface area (Å²) in [7, 11) is 2.12. The van der Waals surface area contributed by atoms with Crippen LogP contribution in [0.5, 0.6) is 0 Å². The first-order valence-corrected chi connectivity index (χ1v) is 7.63. The molecule has 0 spiro atoms. The smallest absolute Gasteiger partial charge is 0.304 e. The fourth-order valence-corrected chi connectivity index (χ4v) is 3.01. The maximum atomic E-state index is 11.0. The zero-order valence-corrected chi connectivity index (χ0v) is 13.7. The van der Waals surface area contributed by atoms with Gasteiger partial charge in [-0.15, -0.1) is 0 Å². The third kappa shape index (κ3) is 3.89. The van der Waals surface area contributed by atoms with E-state index in [0.29, 0.717) is 5.02 Å². The Hall–Kier alpha value is -1.26. The number of nitrogens with zero attached hydrogens (tertiary/aromatic N) is 2. The minimum absolute atomic E-state index is 0.0944. The lowest BCUT2D eigenvalue weighted by Gasteiger charge is -2.35. The zero-order chi connectivity index (χ0) is 15.6. The second-order valence-corrected chi connectivity index (χ2v) is 6.82. The summed E-state index contributed by atoms with van der Waals surface area (Å²) in [6, 6.07) is 5.94. The maximum absolute atomic E-state index is 11.0. The summed E-state index contributed by atoms with van der Waals surface area (Å²) in [6.45, 7) is 7.86. The van der Waals surface area contributed by atoms with E-state index in [1.807, 2.05) is 32.0 Å². The third-order valence-electron chi connectivity index (χ3n) is 4.17. The number of carbonyl (C=O) groups is 1. The molecule has 1 aliphatic heterocycles. The highest BCUT2D eigenvalue weighted by molar-refractivity contribution is 6.33. The first kappa shape index (κ1) is 16.1. The Morgan fingerprint density at radius 2 is 1.90 bits per heavy atom. The Kier molecular flexibility index (Phi) is 4.79. The molecule has 1 fully saturated rings. The highest BCUT2D eigenvalue weighted by Crippen LogP contribution is 2.34. The lowest BCUT2D eigenvalue weighted by Crippen LogP contribution is -2.44. The number of halogens is 1. The van der Waals surface area contributed by atoms with Crippen LogP contribution in [0, 0.1) is 0 Å². The van der Waals surface area contributed by atoms with Gasteiger partial charge in [-0.05, 0) is 24.7 Å². The molecule has 0 unspecified atom stereocenters. The standard InChI is InChI=1S/C16H23ClN2O2/c1-16(2,11-15(20)21)12-4-5-14(13(17)10-12)19-8-6-18(3)7-9-19/h4-5,10H,6-9,11H2,1-3H3,(H,20,21). The molecule has 116 valence electrons. The average Bonchev–Trinajstić information content (AvgIpc) is 2.38. The summed E-state index contributed by atoms with van der Waals surface area (Å²) < 4.78 is 0. The number of hydrogen-bond donors (Lipinski definition) is 1. The summed E-state index contributed by atoms with van der Waals surface area (Å²) in [6.07, 6.45) is 0.0944. The van der Waals surface area contributed by atoms with Gasteiger partial charge in [0.15, 0.2) is 0 Å². The van der Waals surface area contributed by atoms with E-state index in [4.69, 9.17) is 16.7 Å². The summed E-state index contributed by atoms with van der Waals surface area (Å²) >= 11 is 6.44. The largest absolute Gasteiger partial charge is 0.481 e. The van der Waals surface area contributed by atoms with Gasteiger partial charge in [0.25, 0.3) is 0 Å². The van der Waals surface area contributed by atoms with E-state index in [2.05, 4.69) is 16.8 Å². The van der Waals surface area contributed by atoms with Crippen molar-refractivity contribution in [2.75, 3.05) is 38.1 Å². The Bertz CT molecular complexity index is 523. The maximum Gasteiger partial charge on any atom is 0.304 e. The molecule has 1 heterocycles. The molecule has 5 heteroatoms. The summed E-state index contributed by atoms with van der Waals surface area (Å²) in [4.78, 5) is 15.6. The van der Waals surface area contributed by atoms with Gasteiger partial charge in [-0.1, -0.05) is 31.5 Å². The topological polar surface area (TPSA) is 43.8 Å². The van der Waals surface area contributed by atoms with Gasteiger partial charge in [-0.25, -0.2) is 0 Å². The molecule has 21 heavy (non-hydrogen) atoms. The molecule has 1 aromatic rings. The Balaban J connectivity index is 2.19. The van der Waals surface area contributed by atoms with Crippen LogP contribution in [0.4, 0.5) is 5.69 Å². The fraction of sp³-hybridized carbons (Fsp3) is 0.562. The van der Waals surface area contributed by atoms with Crippen LogP contribution in [0.15, 0.2) is 18.2 Å². The summed E-state index contributed by atoms with van der Waals surface area (Å²) in [5.41, 5.74) is 1.59. The number of anilines is 1. The van der Waals surface area contributed by atoms with Gasteiger partial charge in [-0.2, -0.15) is 0 Å². The molecular formula is C16H23ClN2O2. The van der Waals surface area contributed by atoms with E-state index >= 15 is 0 Å². The fourth-order valence-electron chi connectivity index (χ4n) is 2.71. The van der Waals surface area contributed by atoms with Crippen molar-refractivity contribution in [3.63, 3.8) is 0 Å². The molecule has 1 aromatic carbocycles. The third-order valence-corrected chi connectivity index (χ3v) is 4.47. The van der Waals surface area contributed by atoms with E-state index in [1.54, 1.807) is 0 Å². The number of rotatable bonds is 4. The number of carboxylic acids is 1. The van der Waals surface area contributed by atoms with Crippen LogP contribution < -0.4 is 4.90 Å². The molecule has 1 aliphatic rings. The second kappa shape index (κ2) is 6.24. The van der Waals surface area contributed by atoms with E-state index in [0.717, 1.165) is 37.4 Å². The van der Waals surface area contributed by atoms with Gasteiger partial charge in [0.1, 0.15) is 0 Å². The van der Waals surface area contributed by atoms with Crippen molar-refractivity contribution in [2.45, 2.75) is 25.7 Å². The monoisotopic (exact) mass is 310 g/mol. The SMILES string of the molecule is CN1CCN(c2ccc(C(C)(C)CC(=O)O)cc2Cl)CC1. The van der Waals surface area contributed by atoms with E-state index in [1.165, 1.54) is 0 Å². The minimum Gasteiger partial charge on any atom is -0.481 e. The van der Waals surface area contributed by atoms with Gasteiger partial charge < -0.3 is 14.9 Å². The molecule has 0 amide bonds. The van der Waals surface area contributed by atoms with Crippen molar-refractivity contribution in [1.82, 2.24) is 4.90 Å². The first-order chi connectivity index (χ1) is 9.79. The normalized spacial score (nSPS) is 17.0. The number of hydrogen-bond acceptors (Lipinski definition) is 3. The number of benzene rings is 1. The molecule has 4 nitrogen and oxygen atoms in total. The van der Waals surface area contributed by atoms with E-state index < -0.39 is 11.4 Å². The van der Waals surface area contributed by atoms with Crippen LogP contribution in [0.3, 0.4) is 0 Å². The van der Waals surface area contributed by atoms with Crippen molar-refractivity contribution in [3.8, 4) is 0 Å². The van der Waals surface area contributed by atoms with Crippen molar-refractivity contribution in [2.24, 2.45) is 0 Å². The van der Waals surface area contributed by atoms with Crippen LogP contribution in [0.1, 0.15) is 25.8 Å². The van der Waals surface area contributed by atoms with Crippen LogP contribution >= 0.6 is 11.6 Å². The summed E-state index contributed by atoms with van der Waals surface area (Å²) in [5, 5.41) is 9.72. The minimum atomic E-state index is -0.792. The average molecular weight is 311 g/mol. The molecule has 0 saturated carbocycles. The Morgan fingerprint density at radius 1 is 1.29 bits per heavy atom. The van der Waals surface area contributed by atoms with Crippen molar-refractivity contribution in [1.29, 1.82) is 0 Å². The predicted molar refractivity (Wildman–Crippen MR) is 86.4 cm³/mol.